The molecule has 0 saturated heterocycles. The van der Waals surface area contributed by atoms with Crippen molar-refractivity contribution >= 4 is 17.8 Å². The SMILES string of the molecule is COc1cc(/C=C/C(=O)OCC(=O)c2ccc(F)cc2)ccc1OCC#N. The largest absolute Gasteiger partial charge is 0.493 e. The van der Waals surface area contributed by atoms with Gasteiger partial charge in [0.15, 0.2) is 30.5 Å². The van der Waals surface area contributed by atoms with Crippen molar-refractivity contribution in [2.24, 2.45) is 0 Å². The lowest BCUT2D eigenvalue weighted by Crippen LogP contribution is -2.12. The molecule has 138 valence electrons. The summed E-state index contributed by atoms with van der Waals surface area (Å²) in [5, 5.41) is 8.55. The first-order chi connectivity index (χ1) is 13.0. The van der Waals surface area contributed by atoms with Crippen molar-refractivity contribution in [3.05, 3.63) is 65.5 Å². The van der Waals surface area contributed by atoms with Gasteiger partial charge in [-0.15, -0.1) is 0 Å². The van der Waals surface area contributed by atoms with Gasteiger partial charge in [0.1, 0.15) is 11.9 Å². The third-order valence-corrected chi connectivity index (χ3v) is 3.40. The van der Waals surface area contributed by atoms with Crippen LogP contribution in [0.4, 0.5) is 4.39 Å². The monoisotopic (exact) mass is 369 g/mol. The van der Waals surface area contributed by atoms with Crippen LogP contribution in [-0.2, 0) is 9.53 Å². The molecule has 6 nitrogen and oxygen atoms in total. The van der Waals surface area contributed by atoms with Gasteiger partial charge >= 0.3 is 5.97 Å². The molecule has 2 aromatic carbocycles. The van der Waals surface area contributed by atoms with Crippen molar-refractivity contribution in [2.75, 3.05) is 20.3 Å². The highest BCUT2D eigenvalue weighted by Crippen LogP contribution is 2.28. The van der Waals surface area contributed by atoms with E-state index in [2.05, 4.69) is 0 Å². The maximum atomic E-state index is 12.8. The first-order valence-electron chi connectivity index (χ1n) is 7.85. The van der Waals surface area contributed by atoms with Gasteiger partial charge in [-0.05, 0) is 48.0 Å². The third-order valence-electron chi connectivity index (χ3n) is 3.40. The number of halogens is 1. The number of ketones is 1. The summed E-state index contributed by atoms with van der Waals surface area (Å²) in [5.41, 5.74) is 0.892. The number of hydrogen-bond acceptors (Lipinski definition) is 6. The van der Waals surface area contributed by atoms with Gasteiger partial charge in [0.25, 0.3) is 0 Å². The van der Waals surface area contributed by atoms with Gasteiger partial charge in [-0.2, -0.15) is 5.26 Å². The molecule has 0 aromatic heterocycles. The number of ether oxygens (including phenoxy) is 3. The number of carbonyl (C=O) groups excluding carboxylic acids is 2. The molecule has 0 N–H and O–H groups in total. The number of nitrogens with zero attached hydrogens (tertiary/aromatic N) is 1. The number of nitriles is 1. The minimum atomic E-state index is -0.700. The van der Waals surface area contributed by atoms with E-state index in [1.807, 2.05) is 6.07 Å². The van der Waals surface area contributed by atoms with Crippen molar-refractivity contribution in [1.82, 2.24) is 0 Å². The van der Waals surface area contributed by atoms with Gasteiger partial charge in [-0.25, -0.2) is 9.18 Å². The fourth-order valence-electron chi connectivity index (χ4n) is 2.09. The van der Waals surface area contributed by atoms with Crippen LogP contribution >= 0.6 is 0 Å². The van der Waals surface area contributed by atoms with Crippen LogP contribution in [0, 0.1) is 17.1 Å². The molecule has 2 rings (SSSR count). The minimum Gasteiger partial charge on any atom is -0.493 e. The summed E-state index contributed by atoms with van der Waals surface area (Å²) in [6.07, 6.45) is 2.66. The molecule has 0 aliphatic heterocycles. The molecule has 0 atom stereocenters. The Labute approximate surface area is 155 Å². The zero-order valence-corrected chi connectivity index (χ0v) is 14.5. The molecule has 0 spiro atoms. The predicted molar refractivity (Wildman–Crippen MR) is 94.8 cm³/mol. The Bertz CT molecular complexity index is 884. The summed E-state index contributed by atoms with van der Waals surface area (Å²) in [4.78, 5) is 23.6. The Morgan fingerprint density at radius 2 is 1.89 bits per heavy atom. The topological polar surface area (TPSA) is 85.6 Å². The molecule has 0 heterocycles. The second-order valence-corrected chi connectivity index (χ2v) is 5.23. The summed E-state index contributed by atoms with van der Waals surface area (Å²) in [5.74, 6) is -0.770. The van der Waals surface area contributed by atoms with Gasteiger partial charge in [0.05, 0.1) is 7.11 Å². The summed E-state index contributed by atoms with van der Waals surface area (Å²) < 4.78 is 28.1. The fraction of sp³-hybridized carbons (Fsp3) is 0.150. The molecular weight excluding hydrogens is 353 g/mol. The Morgan fingerprint density at radius 3 is 2.56 bits per heavy atom. The van der Waals surface area contributed by atoms with E-state index in [4.69, 9.17) is 19.5 Å². The highest BCUT2D eigenvalue weighted by Gasteiger charge is 2.09. The quantitative estimate of drug-likeness (QED) is 0.404. The second kappa shape index (κ2) is 9.73. The first-order valence-corrected chi connectivity index (χ1v) is 7.85. The molecule has 0 bridgehead atoms. The van der Waals surface area contributed by atoms with Crippen molar-refractivity contribution in [1.29, 1.82) is 5.26 Å². The maximum absolute atomic E-state index is 12.8. The molecular formula is C20H16FNO5. The maximum Gasteiger partial charge on any atom is 0.331 e. The number of benzene rings is 2. The summed E-state index contributed by atoms with van der Waals surface area (Å²) in [6, 6.07) is 11.7. The fourth-order valence-corrected chi connectivity index (χ4v) is 2.09. The molecule has 0 saturated carbocycles. The number of carbonyl (C=O) groups is 2. The Kier molecular flexibility index (Phi) is 7.08. The molecule has 0 aliphatic rings. The van der Waals surface area contributed by atoms with Crippen molar-refractivity contribution < 1.29 is 28.2 Å². The van der Waals surface area contributed by atoms with Gasteiger partial charge < -0.3 is 14.2 Å². The molecule has 0 amide bonds. The molecule has 0 unspecified atom stereocenters. The van der Waals surface area contributed by atoms with Crippen molar-refractivity contribution in [3.63, 3.8) is 0 Å². The summed E-state index contributed by atoms with van der Waals surface area (Å²) in [6.45, 7) is -0.557. The number of hydrogen-bond donors (Lipinski definition) is 0. The van der Waals surface area contributed by atoms with E-state index in [0.717, 1.165) is 12.1 Å². The summed E-state index contributed by atoms with van der Waals surface area (Å²) >= 11 is 0. The van der Waals surface area contributed by atoms with Gasteiger partial charge in [-0.3, -0.25) is 4.79 Å². The molecule has 0 radical (unpaired) electrons. The van der Waals surface area contributed by atoms with Crippen molar-refractivity contribution in [2.45, 2.75) is 0 Å². The smallest absolute Gasteiger partial charge is 0.331 e. The predicted octanol–water partition coefficient (Wildman–Crippen LogP) is 3.18. The average molecular weight is 369 g/mol. The molecule has 2 aromatic rings. The standard InChI is InChI=1S/C20H16FNO5/c1-25-19-12-14(2-8-18(19)26-11-10-22)3-9-20(24)27-13-17(23)15-4-6-16(21)7-5-15/h2-9,12H,11,13H2,1H3/b9-3+. The van der Waals surface area contributed by atoms with Crippen LogP contribution < -0.4 is 9.47 Å². The highest BCUT2D eigenvalue weighted by atomic mass is 19.1. The van der Waals surface area contributed by atoms with Gasteiger partial charge in [-0.1, -0.05) is 6.07 Å². The van der Waals surface area contributed by atoms with Gasteiger partial charge in [0.2, 0.25) is 0 Å². The van der Waals surface area contributed by atoms with E-state index in [-0.39, 0.29) is 12.2 Å². The lowest BCUT2D eigenvalue weighted by molar-refractivity contribution is -0.136. The highest BCUT2D eigenvalue weighted by molar-refractivity contribution is 5.98. The van der Waals surface area contributed by atoms with Crippen LogP contribution in [0.1, 0.15) is 15.9 Å². The van der Waals surface area contributed by atoms with Crippen LogP contribution in [0.2, 0.25) is 0 Å². The molecule has 27 heavy (non-hydrogen) atoms. The average Bonchev–Trinajstić information content (AvgIpc) is 2.69. The Balaban J connectivity index is 1.93. The lowest BCUT2D eigenvalue weighted by atomic mass is 10.1. The molecule has 0 aliphatic carbocycles. The number of esters is 1. The lowest BCUT2D eigenvalue weighted by Gasteiger charge is -2.08. The number of rotatable bonds is 8. The second-order valence-electron chi connectivity index (χ2n) is 5.23. The van der Waals surface area contributed by atoms with Crippen LogP contribution in [-0.4, -0.2) is 32.1 Å². The van der Waals surface area contributed by atoms with E-state index < -0.39 is 24.2 Å². The Hall–Kier alpha value is -3.66. The van der Waals surface area contributed by atoms with Crippen LogP contribution in [0.15, 0.2) is 48.5 Å². The number of Topliss-reactive ketones (excluding diaryl/α,β-unsaturated/α-hetero) is 1. The first kappa shape index (κ1) is 19.7. The zero-order chi connectivity index (χ0) is 19.6. The van der Waals surface area contributed by atoms with E-state index in [1.54, 1.807) is 18.2 Å². The van der Waals surface area contributed by atoms with Crippen LogP contribution in [0.25, 0.3) is 6.08 Å². The van der Waals surface area contributed by atoms with E-state index >= 15 is 0 Å². The van der Waals surface area contributed by atoms with Crippen LogP contribution in [0.3, 0.4) is 0 Å². The van der Waals surface area contributed by atoms with Crippen molar-refractivity contribution in [3.8, 4) is 17.6 Å². The van der Waals surface area contributed by atoms with Crippen LogP contribution in [0.5, 0.6) is 11.5 Å². The minimum absolute atomic E-state index is 0.111. The summed E-state index contributed by atoms with van der Waals surface area (Å²) in [7, 11) is 1.46. The molecule has 7 heteroatoms. The van der Waals surface area contributed by atoms with E-state index in [9.17, 15) is 14.0 Å². The zero-order valence-electron chi connectivity index (χ0n) is 14.5. The van der Waals surface area contributed by atoms with Gasteiger partial charge in [0, 0.05) is 11.6 Å². The Morgan fingerprint density at radius 1 is 1.15 bits per heavy atom. The number of methoxy groups -OCH3 is 1. The normalized spacial score (nSPS) is 10.3. The van der Waals surface area contributed by atoms with E-state index in [1.165, 1.54) is 31.4 Å². The molecule has 0 fully saturated rings. The third kappa shape index (κ3) is 5.97. The van der Waals surface area contributed by atoms with E-state index in [0.29, 0.717) is 17.1 Å².